The van der Waals surface area contributed by atoms with Crippen LogP contribution in [0.25, 0.3) is 10.9 Å². The standard InChI is InChI=1S/C13H14N4/c1-17-8-6-12(16-17)15-9-11-4-2-3-10-5-7-14-13(10)11/h2-8,14H,9H2,1H3,(H,15,16). The summed E-state index contributed by atoms with van der Waals surface area (Å²) in [5.41, 5.74) is 2.44. The number of benzene rings is 1. The Balaban J connectivity index is 1.83. The molecule has 4 nitrogen and oxygen atoms in total. The Kier molecular flexibility index (Phi) is 2.33. The van der Waals surface area contributed by atoms with Gasteiger partial charge < -0.3 is 10.3 Å². The molecule has 0 fully saturated rings. The summed E-state index contributed by atoms with van der Waals surface area (Å²) >= 11 is 0. The van der Waals surface area contributed by atoms with Crippen molar-refractivity contribution < 1.29 is 0 Å². The Morgan fingerprint density at radius 3 is 3.06 bits per heavy atom. The average molecular weight is 226 g/mol. The zero-order chi connectivity index (χ0) is 11.7. The lowest BCUT2D eigenvalue weighted by atomic mass is 10.1. The van der Waals surface area contributed by atoms with Gasteiger partial charge in [0, 0.05) is 32.1 Å². The van der Waals surface area contributed by atoms with E-state index in [1.807, 2.05) is 25.5 Å². The number of hydrogen-bond acceptors (Lipinski definition) is 2. The average Bonchev–Trinajstić information content (AvgIpc) is 2.94. The minimum absolute atomic E-state index is 0.773. The van der Waals surface area contributed by atoms with Crippen LogP contribution in [-0.4, -0.2) is 14.8 Å². The third-order valence-corrected chi connectivity index (χ3v) is 2.85. The SMILES string of the molecule is Cn1ccc(NCc2cccc3cc[nH]c23)n1. The summed E-state index contributed by atoms with van der Waals surface area (Å²) in [5.74, 6) is 0.899. The van der Waals surface area contributed by atoms with Crippen LogP contribution in [0.1, 0.15) is 5.56 Å². The molecule has 4 heteroatoms. The van der Waals surface area contributed by atoms with Crippen molar-refractivity contribution in [3.05, 3.63) is 48.3 Å². The second-order valence-electron chi connectivity index (χ2n) is 4.09. The van der Waals surface area contributed by atoms with Gasteiger partial charge >= 0.3 is 0 Å². The lowest BCUT2D eigenvalue weighted by Gasteiger charge is -2.04. The van der Waals surface area contributed by atoms with Crippen molar-refractivity contribution in [2.24, 2.45) is 7.05 Å². The van der Waals surface area contributed by atoms with E-state index in [0.29, 0.717) is 0 Å². The molecule has 3 aromatic rings. The Bertz CT molecular complexity index is 635. The van der Waals surface area contributed by atoms with E-state index >= 15 is 0 Å². The number of aromatic amines is 1. The monoisotopic (exact) mass is 226 g/mol. The van der Waals surface area contributed by atoms with Gasteiger partial charge in [0.25, 0.3) is 0 Å². The second-order valence-corrected chi connectivity index (χ2v) is 4.09. The molecule has 0 saturated carbocycles. The van der Waals surface area contributed by atoms with Crippen molar-refractivity contribution in [1.82, 2.24) is 14.8 Å². The smallest absolute Gasteiger partial charge is 0.148 e. The van der Waals surface area contributed by atoms with Crippen LogP contribution in [0.3, 0.4) is 0 Å². The van der Waals surface area contributed by atoms with Crippen molar-refractivity contribution >= 4 is 16.7 Å². The predicted octanol–water partition coefficient (Wildman–Crippen LogP) is 2.51. The van der Waals surface area contributed by atoms with Crippen molar-refractivity contribution in [2.45, 2.75) is 6.54 Å². The molecule has 0 spiro atoms. The number of aryl methyl sites for hydroxylation is 1. The highest BCUT2D eigenvalue weighted by Gasteiger charge is 2.02. The maximum Gasteiger partial charge on any atom is 0.148 e. The van der Waals surface area contributed by atoms with Crippen molar-refractivity contribution in [1.29, 1.82) is 0 Å². The quantitative estimate of drug-likeness (QED) is 0.720. The molecule has 0 atom stereocenters. The normalized spacial score (nSPS) is 10.9. The van der Waals surface area contributed by atoms with E-state index in [1.54, 1.807) is 4.68 Å². The molecular formula is C13H14N4. The van der Waals surface area contributed by atoms with Gasteiger partial charge in [-0.1, -0.05) is 18.2 Å². The Hall–Kier alpha value is -2.23. The van der Waals surface area contributed by atoms with Crippen LogP contribution in [-0.2, 0) is 13.6 Å². The maximum atomic E-state index is 4.29. The molecule has 0 radical (unpaired) electrons. The summed E-state index contributed by atoms with van der Waals surface area (Å²) in [6, 6.07) is 10.4. The van der Waals surface area contributed by atoms with Gasteiger partial charge in [0.15, 0.2) is 0 Å². The molecule has 2 aromatic heterocycles. The molecule has 0 saturated heterocycles. The van der Waals surface area contributed by atoms with E-state index in [4.69, 9.17) is 0 Å². The van der Waals surface area contributed by atoms with Gasteiger partial charge in [0.05, 0.1) is 5.52 Å². The van der Waals surface area contributed by atoms with E-state index < -0.39 is 0 Å². The van der Waals surface area contributed by atoms with E-state index in [1.165, 1.54) is 16.5 Å². The number of fused-ring (bicyclic) bond motifs is 1. The molecule has 0 unspecified atom stereocenters. The molecule has 2 heterocycles. The van der Waals surface area contributed by atoms with Gasteiger partial charge in [-0.2, -0.15) is 5.10 Å². The molecule has 86 valence electrons. The van der Waals surface area contributed by atoms with Gasteiger partial charge in [0.2, 0.25) is 0 Å². The van der Waals surface area contributed by atoms with Crippen LogP contribution >= 0.6 is 0 Å². The van der Waals surface area contributed by atoms with Crippen LogP contribution in [0.4, 0.5) is 5.82 Å². The first-order chi connectivity index (χ1) is 8.33. The highest BCUT2D eigenvalue weighted by atomic mass is 15.3. The molecule has 0 bridgehead atoms. The Labute approximate surface area is 99.3 Å². The lowest BCUT2D eigenvalue weighted by Crippen LogP contribution is -2.01. The van der Waals surface area contributed by atoms with E-state index in [0.717, 1.165) is 12.4 Å². The number of anilines is 1. The molecule has 2 N–H and O–H groups in total. The first-order valence-corrected chi connectivity index (χ1v) is 5.61. The topological polar surface area (TPSA) is 45.6 Å². The van der Waals surface area contributed by atoms with Crippen LogP contribution in [0.5, 0.6) is 0 Å². The lowest BCUT2D eigenvalue weighted by molar-refractivity contribution is 0.768. The fourth-order valence-electron chi connectivity index (χ4n) is 1.99. The van der Waals surface area contributed by atoms with E-state index in [9.17, 15) is 0 Å². The molecule has 0 aliphatic rings. The summed E-state index contributed by atoms with van der Waals surface area (Å²) in [6.07, 6.45) is 3.90. The first kappa shape index (κ1) is 9.96. The van der Waals surface area contributed by atoms with E-state index in [-0.39, 0.29) is 0 Å². The fraction of sp³-hybridized carbons (Fsp3) is 0.154. The highest BCUT2D eigenvalue weighted by Crippen LogP contribution is 2.17. The van der Waals surface area contributed by atoms with Crippen molar-refractivity contribution in [3.8, 4) is 0 Å². The third kappa shape index (κ3) is 1.89. The predicted molar refractivity (Wildman–Crippen MR) is 68.8 cm³/mol. The van der Waals surface area contributed by atoms with Crippen molar-refractivity contribution in [2.75, 3.05) is 5.32 Å². The third-order valence-electron chi connectivity index (χ3n) is 2.85. The molecule has 1 aromatic carbocycles. The highest BCUT2D eigenvalue weighted by molar-refractivity contribution is 5.82. The van der Waals surface area contributed by atoms with Gasteiger partial charge in [-0.3, -0.25) is 4.68 Å². The number of hydrogen-bond donors (Lipinski definition) is 2. The van der Waals surface area contributed by atoms with Gasteiger partial charge in [-0.25, -0.2) is 0 Å². The van der Waals surface area contributed by atoms with E-state index in [2.05, 4.69) is 39.7 Å². The fourth-order valence-corrected chi connectivity index (χ4v) is 1.99. The minimum Gasteiger partial charge on any atom is -0.364 e. The molecule has 0 amide bonds. The molecular weight excluding hydrogens is 212 g/mol. The summed E-state index contributed by atoms with van der Waals surface area (Å²) in [5, 5.41) is 8.84. The van der Waals surface area contributed by atoms with Crippen LogP contribution in [0, 0.1) is 0 Å². The van der Waals surface area contributed by atoms with Crippen LogP contribution in [0.15, 0.2) is 42.7 Å². The van der Waals surface area contributed by atoms with Gasteiger partial charge in [-0.05, 0) is 17.0 Å². The number of para-hydroxylation sites is 1. The number of rotatable bonds is 3. The second kappa shape index (κ2) is 3.97. The van der Waals surface area contributed by atoms with Crippen molar-refractivity contribution in [3.63, 3.8) is 0 Å². The molecule has 17 heavy (non-hydrogen) atoms. The zero-order valence-electron chi connectivity index (χ0n) is 9.64. The summed E-state index contributed by atoms with van der Waals surface area (Å²) in [4.78, 5) is 3.26. The maximum absolute atomic E-state index is 4.29. The summed E-state index contributed by atoms with van der Waals surface area (Å²) in [6.45, 7) is 0.773. The number of nitrogens with one attached hydrogen (secondary N) is 2. The minimum atomic E-state index is 0.773. The van der Waals surface area contributed by atoms with Crippen LogP contribution in [0.2, 0.25) is 0 Å². The number of nitrogens with zero attached hydrogens (tertiary/aromatic N) is 2. The van der Waals surface area contributed by atoms with Gasteiger partial charge in [-0.15, -0.1) is 0 Å². The molecule has 0 aliphatic heterocycles. The number of aromatic nitrogens is 3. The number of H-pyrrole nitrogens is 1. The first-order valence-electron chi connectivity index (χ1n) is 5.61. The zero-order valence-corrected chi connectivity index (χ0v) is 9.64. The largest absolute Gasteiger partial charge is 0.364 e. The Morgan fingerprint density at radius 2 is 2.24 bits per heavy atom. The molecule has 0 aliphatic carbocycles. The summed E-state index contributed by atoms with van der Waals surface area (Å²) < 4.78 is 1.79. The van der Waals surface area contributed by atoms with Crippen LogP contribution < -0.4 is 5.32 Å². The Morgan fingerprint density at radius 1 is 1.29 bits per heavy atom. The summed E-state index contributed by atoms with van der Waals surface area (Å²) in [7, 11) is 1.91. The molecule has 3 rings (SSSR count). The van der Waals surface area contributed by atoms with Gasteiger partial charge in [0.1, 0.15) is 5.82 Å².